The average Bonchev–Trinajstić information content (AvgIpc) is 3.40. The number of nitrogens with one attached hydrogen (secondary N) is 1. The molecule has 0 fully saturated rings. The van der Waals surface area contributed by atoms with Crippen LogP contribution in [-0.2, 0) is 14.3 Å². The fraction of sp³-hybridized carbons (Fsp3) is 0.912. The third-order valence-corrected chi connectivity index (χ3v) is 15.7. The number of rotatable bonds is 63. The molecule has 0 aromatic rings. The van der Waals surface area contributed by atoms with Crippen LogP contribution in [0.3, 0.4) is 0 Å². The molecule has 0 aromatic heterocycles. The smallest absolute Gasteiger partial charge is 0.305 e. The molecule has 0 aliphatic rings. The first-order valence-electron chi connectivity index (χ1n) is 33.6. The van der Waals surface area contributed by atoms with Crippen molar-refractivity contribution in [3.8, 4) is 0 Å². The minimum Gasteiger partial charge on any atom is -0.466 e. The van der Waals surface area contributed by atoms with Crippen LogP contribution in [0.4, 0.5) is 0 Å². The van der Waals surface area contributed by atoms with Gasteiger partial charge in [0.25, 0.3) is 0 Å². The van der Waals surface area contributed by atoms with Gasteiger partial charge in [0, 0.05) is 12.8 Å². The van der Waals surface area contributed by atoms with Crippen molar-refractivity contribution >= 4 is 11.9 Å². The first kappa shape index (κ1) is 72.3. The second kappa shape index (κ2) is 63.9. The number of ether oxygens (including phenoxy) is 1. The number of carbonyl (C=O) groups is 2. The number of esters is 1. The number of hydrogen-bond acceptors (Lipinski definition) is 5. The van der Waals surface area contributed by atoms with Crippen LogP contribution in [0.5, 0.6) is 0 Å². The van der Waals surface area contributed by atoms with Crippen molar-refractivity contribution in [3.63, 3.8) is 0 Å². The Bertz CT molecular complexity index is 1150. The van der Waals surface area contributed by atoms with Crippen LogP contribution < -0.4 is 5.32 Å². The Hall–Kier alpha value is -1.66. The predicted octanol–water partition coefficient (Wildman–Crippen LogP) is 21.4. The maximum Gasteiger partial charge on any atom is 0.305 e. The number of aliphatic hydroxyl groups is 2. The molecule has 1 amide bonds. The summed E-state index contributed by atoms with van der Waals surface area (Å²) < 4.78 is 5.48. The van der Waals surface area contributed by atoms with Crippen LogP contribution in [0.1, 0.15) is 373 Å². The van der Waals surface area contributed by atoms with E-state index >= 15 is 0 Å². The molecule has 0 aliphatic heterocycles. The Morgan fingerprint density at radius 3 is 0.973 bits per heavy atom. The molecule has 438 valence electrons. The maximum atomic E-state index is 12.5. The zero-order valence-corrected chi connectivity index (χ0v) is 50.1. The molecular weight excluding hydrogens is 911 g/mol. The number of unbranched alkanes of at least 4 members (excludes halogenated alkanes) is 50. The van der Waals surface area contributed by atoms with Gasteiger partial charge in [-0.05, 0) is 57.8 Å². The van der Waals surface area contributed by atoms with Crippen LogP contribution in [0.25, 0.3) is 0 Å². The molecule has 0 aliphatic carbocycles. The lowest BCUT2D eigenvalue weighted by Crippen LogP contribution is -2.45. The van der Waals surface area contributed by atoms with E-state index in [1.165, 1.54) is 302 Å². The normalized spacial score (nSPS) is 12.6. The van der Waals surface area contributed by atoms with E-state index in [0.29, 0.717) is 19.4 Å². The summed E-state index contributed by atoms with van der Waals surface area (Å²) in [6.07, 6.45) is 79.5. The zero-order chi connectivity index (χ0) is 53.6. The minimum absolute atomic E-state index is 0.00807. The highest BCUT2D eigenvalue weighted by Gasteiger charge is 2.18. The summed E-state index contributed by atoms with van der Waals surface area (Å²) in [6.45, 7) is 4.92. The molecule has 0 bridgehead atoms. The average molecular weight is 1040 g/mol. The largest absolute Gasteiger partial charge is 0.466 e. The molecule has 0 saturated carbocycles. The molecule has 2 unspecified atom stereocenters. The van der Waals surface area contributed by atoms with Gasteiger partial charge in [0.15, 0.2) is 0 Å². The quantitative estimate of drug-likeness (QED) is 0.0320. The number of aliphatic hydroxyl groups excluding tert-OH is 2. The van der Waals surface area contributed by atoms with E-state index in [2.05, 4.69) is 31.3 Å². The van der Waals surface area contributed by atoms with Gasteiger partial charge in [0.05, 0.1) is 25.4 Å². The predicted molar refractivity (Wildman–Crippen MR) is 324 cm³/mol. The fourth-order valence-electron chi connectivity index (χ4n) is 10.6. The van der Waals surface area contributed by atoms with E-state index in [1.807, 2.05) is 6.08 Å². The van der Waals surface area contributed by atoms with Crippen LogP contribution in [-0.4, -0.2) is 47.4 Å². The molecule has 0 spiro atoms. The Balaban J connectivity index is 3.38. The summed E-state index contributed by atoms with van der Waals surface area (Å²) in [5.41, 5.74) is 0. The second-order valence-electron chi connectivity index (χ2n) is 23.2. The van der Waals surface area contributed by atoms with E-state index in [-0.39, 0.29) is 18.5 Å². The number of amides is 1. The Kier molecular flexibility index (Phi) is 62.4. The first-order chi connectivity index (χ1) is 36.5. The van der Waals surface area contributed by atoms with Crippen molar-refractivity contribution in [2.24, 2.45) is 0 Å². The van der Waals surface area contributed by atoms with Crippen LogP contribution >= 0.6 is 0 Å². The molecule has 2 atom stereocenters. The first-order valence-corrected chi connectivity index (χ1v) is 33.6. The van der Waals surface area contributed by atoms with E-state index in [9.17, 15) is 19.8 Å². The summed E-state index contributed by atoms with van der Waals surface area (Å²) in [4.78, 5) is 24.5. The van der Waals surface area contributed by atoms with Gasteiger partial charge in [-0.25, -0.2) is 0 Å². The molecule has 6 nitrogen and oxygen atoms in total. The van der Waals surface area contributed by atoms with Crippen molar-refractivity contribution < 1.29 is 24.5 Å². The van der Waals surface area contributed by atoms with Crippen molar-refractivity contribution in [2.75, 3.05) is 13.2 Å². The molecule has 0 saturated heterocycles. The van der Waals surface area contributed by atoms with Gasteiger partial charge in [-0.15, -0.1) is 0 Å². The monoisotopic (exact) mass is 1040 g/mol. The third-order valence-electron chi connectivity index (χ3n) is 15.7. The molecule has 0 radical (unpaired) electrons. The Morgan fingerprint density at radius 1 is 0.365 bits per heavy atom. The summed E-state index contributed by atoms with van der Waals surface area (Å²) in [6, 6.07) is -0.626. The van der Waals surface area contributed by atoms with Gasteiger partial charge in [0.1, 0.15) is 0 Å². The number of hydrogen-bond donors (Lipinski definition) is 3. The van der Waals surface area contributed by atoms with E-state index in [4.69, 9.17) is 4.74 Å². The highest BCUT2D eigenvalue weighted by atomic mass is 16.5. The molecule has 0 rings (SSSR count). The van der Waals surface area contributed by atoms with Crippen molar-refractivity contribution in [1.82, 2.24) is 5.32 Å². The third kappa shape index (κ3) is 59.6. The van der Waals surface area contributed by atoms with Gasteiger partial charge in [-0.1, -0.05) is 327 Å². The highest BCUT2D eigenvalue weighted by Crippen LogP contribution is 2.18. The summed E-state index contributed by atoms with van der Waals surface area (Å²) in [5, 5.41) is 23.2. The van der Waals surface area contributed by atoms with Crippen LogP contribution in [0, 0.1) is 0 Å². The topological polar surface area (TPSA) is 95.9 Å². The van der Waals surface area contributed by atoms with Crippen LogP contribution in [0.2, 0.25) is 0 Å². The molecule has 0 heterocycles. The van der Waals surface area contributed by atoms with Crippen molar-refractivity contribution in [3.05, 3.63) is 24.3 Å². The van der Waals surface area contributed by atoms with E-state index < -0.39 is 12.1 Å². The van der Waals surface area contributed by atoms with Gasteiger partial charge >= 0.3 is 5.97 Å². The molecule has 6 heteroatoms. The van der Waals surface area contributed by atoms with Gasteiger partial charge in [-0.2, -0.15) is 0 Å². The van der Waals surface area contributed by atoms with Crippen LogP contribution in [0.15, 0.2) is 24.3 Å². The standard InChI is InChI=1S/C68H131NO5/c1-3-5-7-9-11-13-15-17-18-19-30-33-37-40-44-48-52-56-60-66(71)65(64-70)69-67(72)61-57-53-49-45-41-38-34-31-28-26-24-22-20-21-23-25-27-29-32-35-39-43-47-51-55-59-63-74-68(73)62-58-54-50-46-42-36-16-14-12-10-8-6-4-2/h14,16,56,60,65-66,70-71H,3-13,15,17-55,57-59,61-64H2,1-2H3,(H,69,72)/b16-14-,60-56+. The van der Waals surface area contributed by atoms with Gasteiger partial charge in [-0.3, -0.25) is 9.59 Å². The molecule has 3 N–H and O–H groups in total. The Morgan fingerprint density at radius 2 is 0.635 bits per heavy atom. The Labute approximate surface area is 462 Å². The fourth-order valence-corrected chi connectivity index (χ4v) is 10.6. The van der Waals surface area contributed by atoms with Crippen molar-refractivity contribution in [2.45, 2.75) is 386 Å². The minimum atomic E-state index is -0.843. The lowest BCUT2D eigenvalue weighted by molar-refractivity contribution is -0.143. The zero-order valence-electron chi connectivity index (χ0n) is 50.1. The highest BCUT2D eigenvalue weighted by molar-refractivity contribution is 5.76. The molecule has 0 aromatic carbocycles. The summed E-state index contributed by atoms with van der Waals surface area (Å²) in [7, 11) is 0. The van der Waals surface area contributed by atoms with Gasteiger partial charge < -0.3 is 20.3 Å². The maximum absolute atomic E-state index is 12.5. The lowest BCUT2D eigenvalue weighted by atomic mass is 10.0. The summed E-state index contributed by atoms with van der Waals surface area (Å²) in [5.74, 6) is -0.0546. The van der Waals surface area contributed by atoms with Gasteiger partial charge in [0.2, 0.25) is 5.91 Å². The molecule has 74 heavy (non-hydrogen) atoms. The lowest BCUT2D eigenvalue weighted by Gasteiger charge is -2.20. The SMILES string of the molecule is CCCCCC/C=C\CCCCCCCC(=O)OCCCCCCCCCCCCCCCCCCCCCCCCCCCCC(=O)NC(CO)C(O)/C=C/CCCCCCCCCCCCCCCCCC. The second-order valence-corrected chi connectivity index (χ2v) is 23.2. The molecular formula is C68H131NO5. The number of carbonyl (C=O) groups excluding carboxylic acids is 2. The summed E-state index contributed by atoms with van der Waals surface area (Å²) >= 11 is 0. The van der Waals surface area contributed by atoms with Crippen molar-refractivity contribution in [1.29, 1.82) is 0 Å². The van der Waals surface area contributed by atoms with E-state index in [0.717, 1.165) is 44.9 Å². The number of allylic oxidation sites excluding steroid dienone is 3. The van der Waals surface area contributed by atoms with E-state index in [1.54, 1.807) is 6.08 Å².